The number of hydrogen-bond donors (Lipinski definition) is 1. The number of carbonyl (C=O) groups excluding carboxylic acids is 1. The van der Waals surface area contributed by atoms with Gasteiger partial charge in [-0.25, -0.2) is 4.39 Å². The Morgan fingerprint density at radius 2 is 1.72 bits per heavy atom. The van der Waals surface area contributed by atoms with E-state index in [4.69, 9.17) is 4.74 Å². The summed E-state index contributed by atoms with van der Waals surface area (Å²) in [5.41, 5.74) is 2.10. The van der Waals surface area contributed by atoms with Gasteiger partial charge in [-0.1, -0.05) is 20.3 Å². The van der Waals surface area contributed by atoms with E-state index < -0.39 is 5.82 Å². The standard InChI is InChI=1S/C26H36FN3O2/c1-3-14-30(15-4-2)23-11-9-22(10-12-23)28-26(31)21-8-13-25(24(27)20-21)32-19-18-29-16-6-5-7-17-29/h8-13,20H,3-7,14-19H2,1-2H3,(H,28,31). The summed E-state index contributed by atoms with van der Waals surface area (Å²) in [6.45, 7) is 9.76. The van der Waals surface area contributed by atoms with E-state index in [-0.39, 0.29) is 17.2 Å². The van der Waals surface area contributed by atoms with Gasteiger partial charge in [0.25, 0.3) is 5.91 Å². The number of carbonyl (C=O) groups is 1. The van der Waals surface area contributed by atoms with Crippen LogP contribution in [0.3, 0.4) is 0 Å². The lowest BCUT2D eigenvalue weighted by atomic mass is 10.1. The van der Waals surface area contributed by atoms with E-state index in [2.05, 4.69) is 29.0 Å². The quantitative estimate of drug-likeness (QED) is 0.495. The van der Waals surface area contributed by atoms with Gasteiger partial charge in [-0.3, -0.25) is 9.69 Å². The first kappa shape index (κ1) is 24.1. The molecule has 0 unspecified atom stereocenters. The van der Waals surface area contributed by atoms with Crippen molar-refractivity contribution < 1.29 is 13.9 Å². The normalized spacial score (nSPS) is 14.2. The highest BCUT2D eigenvalue weighted by atomic mass is 19.1. The molecule has 2 aromatic rings. The molecular formula is C26H36FN3O2. The number of ether oxygens (including phenoxy) is 1. The molecule has 6 heteroatoms. The van der Waals surface area contributed by atoms with Gasteiger partial charge >= 0.3 is 0 Å². The molecule has 0 radical (unpaired) electrons. The molecule has 1 heterocycles. The topological polar surface area (TPSA) is 44.8 Å². The van der Waals surface area contributed by atoms with E-state index in [9.17, 15) is 9.18 Å². The summed E-state index contributed by atoms with van der Waals surface area (Å²) in [6.07, 6.45) is 5.90. The second kappa shape index (κ2) is 12.4. The van der Waals surface area contributed by atoms with Crippen LogP contribution in [-0.2, 0) is 0 Å². The summed E-state index contributed by atoms with van der Waals surface area (Å²) in [7, 11) is 0. The van der Waals surface area contributed by atoms with Crippen molar-refractivity contribution in [1.82, 2.24) is 4.90 Å². The van der Waals surface area contributed by atoms with Gasteiger partial charge in [0, 0.05) is 36.6 Å². The van der Waals surface area contributed by atoms with E-state index in [1.54, 1.807) is 6.07 Å². The Hall–Kier alpha value is -2.60. The minimum Gasteiger partial charge on any atom is -0.489 e. The predicted molar refractivity (Wildman–Crippen MR) is 129 cm³/mol. The number of benzene rings is 2. The van der Waals surface area contributed by atoms with Crippen molar-refractivity contribution in [3.63, 3.8) is 0 Å². The fourth-order valence-electron chi connectivity index (χ4n) is 4.10. The third kappa shape index (κ3) is 6.95. The molecular weight excluding hydrogens is 405 g/mol. The van der Waals surface area contributed by atoms with Gasteiger partial charge in [0.15, 0.2) is 11.6 Å². The summed E-state index contributed by atoms with van der Waals surface area (Å²) in [6, 6.07) is 12.2. The molecule has 1 fully saturated rings. The maximum absolute atomic E-state index is 14.5. The fourth-order valence-corrected chi connectivity index (χ4v) is 4.10. The Morgan fingerprint density at radius 3 is 2.34 bits per heavy atom. The van der Waals surface area contributed by atoms with Gasteiger partial charge in [0.1, 0.15) is 6.61 Å². The highest BCUT2D eigenvalue weighted by Gasteiger charge is 2.13. The smallest absolute Gasteiger partial charge is 0.255 e. The van der Waals surface area contributed by atoms with Crippen LogP contribution in [0.15, 0.2) is 42.5 Å². The van der Waals surface area contributed by atoms with Crippen LogP contribution in [0, 0.1) is 5.82 Å². The molecule has 2 aromatic carbocycles. The first-order valence-electron chi connectivity index (χ1n) is 11.9. The fraction of sp³-hybridized carbons (Fsp3) is 0.500. The van der Waals surface area contributed by atoms with Crippen molar-refractivity contribution in [2.75, 3.05) is 49.5 Å². The lowest BCUT2D eigenvalue weighted by molar-refractivity contribution is 0.102. The first-order valence-corrected chi connectivity index (χ1v) is 11.9. The van der Waals surface area contributed by atoms with Crippen LogP contribution in [0.2, 0.25) is 0 Å². The second-order valence-electron chi connectivity index (χ2n) is 8.38. The minimum absolute atomic E-state index is 0.190. The maximum atomic E-state index is 14.5. The molecule has 32 heavy (non-hydrogen) atoms. The molecule has 0 atom stereocenters. The number of anilines is 2. The summed E-state index contributed by atoms with van der Waals surface area (Å²) < 4.78 is 20.1. The number of likely N-dealkylation sites (tertiary alicyclic amines) is 1. The molecule has 174 valence electrons. The van der Waals surface area contributed by atoms with Crippen LogP contribution in [0.25, 0.3) is 0 Å². The Balaban J connectivity index is 1.53. The zero-order chi connectivity index (χ0) is 22.8. The van der Waals surface area contributed by atoms with E-state index in [0.29, 0.717) is 12.3 Å². The van der Waals surface area contributed by atoms with Gasteiger partial charge < -0.3 is 15.0 Å². The second-order valence-corrected chi connectivity index (χ2v) is 8.38. The number of amides is 1. The lowest BCUT2D eigenvalue weighted by Crippen LogP contribution is -2.33. The van der Waals surface area contributed by atoms with E-state index in [0.717, 1.165) is 51.3 Å². The van der Waals surface area contributed by atoms with E-state index in [1.165, 1.54) is 31.4 Å². The maximum Gasteiger partial charge on any atom is 0.255 e. The zero-order valence-corrected chi connectivity index (χ0v) is 19.4. The highest BCUT2D eigenvalue weighted by molar-refractivity contribution is 6.04. The zero-order valence-electron chi connectivity index (χ0n) is 19.4. The summed E-state index contributed by atoms with van der Waals surface area (Å²) >= 11 is 0. The molecule has 0 aliphatic carbocycles. The van der Waals surface area contributed by atoms with Crippen molar-refractivity contribution >= 4 is 17.3 Å². The van der Waals surface area contributed by atoms with Crippen LogP contribution in [0.4, 0.5) is 15.8 Å². The summed E-state index contributed by atoms with van der Waals surface area (Å²) in [4.78, 5) is 17.3. The monoisotopic (exact) mass is 441 g/mol. The highest BCUT2D eigenvalue weighted by Crippen LogP contribution is 2.22. The molecule has 0 bridgehead atoms. The Morgan fingerprint density at radius 1 is 1.03 bits per heavy atom. The molecule has 0 aromatic heterocycles. The van der Waals surface area contributed by atoms with Gasteiger partial charge in [-0.05, 0) is 81.2 Å². The molecule has 1 N–H and O–H groups in total. The largest absolute Gasteiger partial charge is 0.489 e. The van der Waals surface area contributed by atoms with Crippen LogP contribution >= 0.6 is 0 Å². The molecule has 1 amide bonds. The number of rotatable bonds is 11. The van der Waals surface area contributed by atoms with Crippen LogP contribution < -0.4 is 15.0 Å². The van der Waals surface area contributed by atoms with Gasteiger partial charge in [0.2, 0.25) is 0 Å². The minimum atomic E-state index is -0.513. The summed E-state index contributed by atoms with van der Waals surface area (Å²) in [5.74, 6) is -0.660. The SMILES string of the molecule is CCCN(CCC)c1ccc(NC(=O)c2ccc(OCCN3CCCCC3)c(F)c2)cc1. The third-order valence-electron chi connectivity index (χ3n) is 5.79. The van der Waals surface area contributed by atoms with Crippen molar-refractivity contribution in [3.05, 3.63) is 53.8 Å². The predicted octanol–water partition coefficient (Wildman–Crippen LogP) is 5.57. The molecule has 1 aliphatic heterocycles. The Bertz CT molecular complexity index is 845. The molecule has 1 aliphatic rings. The molecule has 0 saturated carbocycles. The average Bonchev–Trinajstić information content (AvgIpc) is 2.81. The molecule has 5 nitrogen and oxygen atoms in total. The van der Waals surface area contributed by atoms with Gasteiger partial charge in [0.05, 0.1) is 0 Å². The lowest BCUT2D eigenvalue weighted by Gasteiger charge is -2.26. The Labute approximate surface area is 191 Å². The van der Waals surface area contributed by atoms with Crippen molar-refractivity contribution in [2.45, 2.75) is 46.0 Å². The van der Waals surface area contributed by atoms with Crippen LogP contribution in [0.5, 0.6) is 5.75 Å². The third-order valence-corrected chi connectivity index (χ3v) is 5.79. The van der Waals surface area contributed by atoms with E-state index >= 15 is 0 Å². The van der Waals surface area contributed by atoms with Crippen molar-refractivity contribution in [2.24, 2.45) is 0 Å². The van der Waals surface area contributed by atoms with Crippen LogP contribution in [-0.4, -0.2) is 50.1 Å². The average molecular weight is 442 g/mol. The van der Waals surface area contributed by atoms with Crippen LogP contribution in [0.1, 0.15) is 56.3 Å². The van der Waals surface area contributed by atoms with Crippen molar-refractivity contribution in [1.29, 1.82) is 0 Å². The first-order chi connectivity index (χ1) is 15.6. The molecule has 0 spiro atoms. The number of hydrogen-bond acceptors (Lipinski definition) is 4. The number of nitrogens with zero attached hydrogens (tertiary/aromatic N) is 2. The molecule has 3 rings (SSSR count). The number of nitrogens with one attached hydrogen (secondary N) is 1. The van der Waals surface area contributed by atoms with E-state index in [1.807, 2.05) is 24.3 Å². The molecule has 1 saturated heterocycles. The van der Waals surface area contributed by atoms with Crippen molar-refractivity contribution in [3.8, 4) is 5.75 Å². The number of halogens is 1. The summed E-state index contributed by atoms with van der Waals surface area (Å²) in [5, 5.41) is 2.85. The number of piperidine rings is 1. The Kier molecular flexibility index (Phi) is 9.35. The van der Waals surface area contributed by atoms with Gasteiger partial charge in [-0.2, -0.15) is 0 Å². The van der Waals surface area contributed by atoms with Gasteiger partial charge in [-0.15, -0.1) is 0 Å².